The lowest BCUT2D eigenvalue weighted by Gasteiger charge is -2.01. The van der Waals surface area contributed by atoms with Gasteiger partial charge in [-0.3, -0.25) is 4.79 Å². The van der Waals surface area contributed by atoms with Crippen LogP contribution in [0, 0.1) is 0 Å². The van der Waals surface area contributed by atoms with Crippen LogP contribution in [0.5, 0.6) is 0 Å². The fraction of sp³-hybridized carbons (Fsp3) is 0. The number of rotatable bonds is 2. The maximum atomic E-state index is 12.2. The molecule has 8 heteroatoms. The van der Waals surface area contributed by atoms with E-state index in [4.69, 9.17) is 23.2 Å². The number of aromatic nitrogens is 1. The normalized spacial score (nSPS) is 17.6. The predicted octanol–water partition coefficient (Wildman–Crippen LogP) is 5.49. The number of benzene rings is 2. The highest BCUT2D eigenvalue weighted by molar-refractivity contribution is 8.18. The van der Waals surface area contributed by atoms with Crippen molar-refractivity contribution in [3.05, 3.63) is 62.4 Å². The number of carbonyl (C=O) groups excluding carboxylic acids is 1. The van der Waals surface area contributed by atoms with E-state index in [0.717, 1.165) is 15.8 Å². The van der Waals surface area contributed by atoms with Crippen LogP contribution in [0.4, 0.5) is 5.69 Å². The Morgan fingerprint density at radius 2 is 1.96 bits per heavy atom. The average Bonchev–Trinajstić information content (AvgIpc) is 3.18. The Hall–Kier alpha value is -1.86. The Balaban J connectivity index is 1.64. The average molecular weight is 406 g/mol. The van der Waals surface area contributed by atoms with Gasteiger partial charge in [0.1, 0.15) is 5.69 Å². The molecule has 0 unspecified atom stereocenters. The molecule has 124 valence electrons. The van der Waals surface area contributed by atoms with E-state index < -0.39 is 0 Å². The summed E-state index contributed by atoms with van der Waals surface area (Å²) in [6.07, 6.45) is 1.83. The van der Waals surface area contributed by atoms with Crippen molar-refractivity contribution in [2.75, 3.05) is 0 Å². The number of hydrogen-bond donors (Lipinski definition) is 1. The molecular weight excluding hydrogens is 397 g/mol. The predicted molar refractivity (Wildman–Crippen MR) is 107 cm³/mol. The van der Waals surface area contributed by atoms with E-state index in [1.807, 2.05) is 24.3 Å². The van der Waals surface area contributed by atoms with Gasteiger partial charge in [-0.2, -0.15) is 0 Å². The maximum absolute atomic E-state index is 12.2. The highest BCUT2D eigenvalue weighted by atomic mass is 35.5. The minimum atomic E-state index is -0.198. The van der Waals surface area contributed by atoms with Crippen LogP contribution in [0.15, 0.2) is 51.8 Å². The van der Waals surface area contributed by atoms with E-state index in [1.54, 1.807) is 35.0 Å². The molecule has 0 aliphatic carbocycles. The van der Waals surface area contributed by atoms with Gasteiger partial charge in [-0.1, -0.05) is 35.3 Å². The summed E-state index contributed by atoms with van der Waals surface area (Å²) in [5.41, 5.74) is 4.13. The summed E-state index contributed by atoms with van der Waals surface area (Å²) >= 11 is 15.1. The molecule has 4 rings (SSSR count). The molecular formula is C17H9Cl2N3OS2. The number of fused-ring (bicyclic) bond motifs is 1. The topological polar surface area (TPSA) is 54.4 Å². The summed E-state index contributed by atoms with van der Waals surface area (Å²) in [4.78, 5) is 21.4. The summed E-state index contributed by atoms with van der Waals surface area (Å²) in [5, 5.41) is 4.05. The SMILES string of the molecule is O=C1NC(=Nc2c(Cl)cccc2Cl)S/C1=C/c1ccc2ncsc2c1. The Morgan fingerprint density at radius 3 is 2.76 bits per heavy atom. The van der Waals surface area contributed by atoms with Crippen LogP contribution in [0.25, 0.3) is 16.3 Å². The van der Waals surface area contributed by atoms with Gasteiger partial charge in [0.2, 0.25) is 0 Å². The van der Waals surface area contributed by atoms with Crippen LogP contribution < -0.4 is 5.32 Å². The molecule has 1 aliphatic rings. The second kappa shape index (κ2) is 6.80. The Bertz CT molecular complexity index is 1040. The maximum Gasteiger partial charge on any atom is 0.264 e. The molecule has 1 aliphatic heterocycles. The zero-order valence-electron chi connectivity index (χ0n) is 12.5. The quantitative estimate of drug-likeness (QED) is 0.573. The summed E-state index contributed by atoms with van der Waals surface area (Å²) in [6, 6.07) is 11.0. The number of carbonyl (C=O) groups is 1. The molecule has 0 radical (unpaired) electrons. The minimum Gasteiger partial charge on any atom is -0.300 e. The minimum absolute atomic E-state index is 0.198. The molecule has 4 nitrogen and oxygen atoms in total. The molecule has 1 saturated heterocycles. The number of thioether (sulfide) groups is 1. The second-order valence-corrected chi connectivity index (χ2v) is 7.86. The van der Waals surface area contributed by atoms with Crippen molar-refractivity contribution in [3.8, 4) is 0 Å². The van der Waals surface area contributed by atoms with E-state index >= 15 is 0 Å². The van der Waals surface area contributed by atoms with Gasteiger partial charge in [0.25, 0.3) is 5.91 Å². The summed E-state index contributed by atoms with van der Waals surface area (Å²) in [5.74, 6) is -0.198. The Morgan fingerprint density at radius 1 is 1.16 bits per heavy atom. The number of amidine groups is 1. The lowest BCUT2D eigenvalue weighted by atomic mass is 10.2. The third-order valence-corrected chi connectivity index (χ3v) is 5.77. The number of hydrogen-bond acceptors (Lipinski definition) is 5. The van der Waals surface area contributed by atoms with E-state index in [-0.39, 0.29) is 5.91 Å². The Labute approximate surface area is 161 Å². The summed E-state index contributed by atoms with van der Waals surface area (Å²) in [7, 11) is 0. The van der Waals surface area contributed by atoms with Gasteiger partial charge in [-0.25, -0.2) is 9.98 Å². The Kier molecular flexibility index (Phi) is 4.52. The molecule has 25 heavy (non-hydrogen) atoms. The number of nitrogens with zero attached hydrogens (tertiary/aromatic N) is 2. The first-order valence-electron chi connectivity index (χ1n) is 7.17. The number of amides is 1. The van der Waals surface area contributed by atoms with Crippen molar-refractivity contribution < 1.29 is 4.79 Å². The highest BCUT2D eigenvalue weighted by Gasteiger charge is 2.24. The van der Waals surface area contributed by atoms with Crippen LogP contribution >= 0.6 is 46.3 Å². The molecule has 0 spiro atoms. The number of aliphatic imine (C=N–C) groups is 1. The molecule has 2 heterocycles. The molecule has 2 aromatic carbocycles. The van der Waals surface area contributed by atoms with E-state index in [9.17, 15) is 4.79 Å². The summed E-state index contributed by atoms with van der Waals surface area (Å²) in [6.45, 7) is 0. The second-order valence-electron chi connectivity index (χ2n) is 5.13. The molecule has 1 aromatic heterocycles. The van der Waals surface area contributed by atoms with E-state index in [0.29, 0.717) is 25.8 Å². The monoisotopic (exact) mass is 405 g/mol. The van der Waals surface area contributed by atoms with Gasteiger partial charge in [0.05, 0.1) is 30.7 Å². The lowest BCUT2D eigenvalue weighted by molar-refractivity contribution is -0.115. The zero-order chi connectivity index (χ0) is 17.4. The van der Waals surface area contributed by atoms with Gasteiger partial charge >= 0.3 is 0 Å². The number of para-hydroxylation sites is 1. The van der Waals surface area contributed by atoms with Crippen LogP contribution in [0.2, 0.25) is 10.0 Å². The molecule has 0 bridgehead atoms. The number of thiazole rings is 1. The van der Waals surface area contributed by atoms with Crippen molar-refractivity contribution in [2.45, 2.75) is 0 Å². The zero-order valence-corrected chi connectivity index (χ0v) is 15.6. The van der Waals surface area contributed by atoms with Gasteiger partial charge < -0.3 is 5.32 Å². The summed E-state index contributed by atoms with van der Waals surface area (Å²) < 4.78 is 1.08. The third kappa shape index (κ3) is 3.43. The fourth-order valence-electron chi connectivity index (χ4n) is 2.29. The van der Waals surface area contributed by atoms with Crippen molar-refractivity contribution >= 4 is 79.4 Å². The molecule has 1 N–H and O–H groups in total. The van der Waals surface area contributed by atoms with Crippen molar-refractivity contribution in [1.82, 2.24) is 10.3 Å². The molecule has 0 atom stereocenters. The van der Waals surface area contributed by atoms with Gasteiger partial charge in [-0.15, -0.1) is 11.3 Å². The number of nitrogens with one attached hydrogen (secondary N) is 1. The van der Waals surface area contributed by atoms with E-state index in [2.05, 4.69) is 15.3 Å². The first-order valence-corrected chi connectivity index (χ1v) is 9.62. The first-order chi connectivity index (χ1) is 12.1. The molecule has 0 saturated carbocycles. The van der Waals surface area contributed by atoms with Gasteiger partial charge in [0, 0.05) is 0 Å². The molecule has 1 amide bonds. The smallest absolute Gasteiger partial charge is 0.264 e. The first kappa shape index (κ1) is 16.6. The van der Waals surface area contributed by atoms with Crippen LogP contribution in [-0.4, -0.2) is 16.1 Å². The van der Waals surface area contributed by atoms with E-state index in [1.165, 1.54) is 11.8 Å². The third-order valence-electron chi connectivity index (χ3n) is 3.45. The lowest BCUT2D eigenvalue weighted by Crippen LogP contribution is -2.19. The van der Waals surface area contributed by atoms with Gasteiger partial charge in [-0.05, 0) is 47.7 Å². The van der Waals surface area contributed by atoms with Crippen LogP contribution in [0.1, 0.15) is 5.56 Å². The van der Waals surface area contributed by atoms with Gasteiger partial charge in [0.15, 0.2) is 5.17 Å². The van der Waals surface area contributed by atoms with Crippen molar-refractivity contribution in [1.29, 1.82) is 0 Å². The molecule has 1 fully saturated rings. The highest BCUT2D eigenvalue weighted by Crippen LogP contribution is 2.35. The fourth-order valence-corrected chi connectivity index (χ4v) is 4.33. The van der Waals surface area contributed by atoms with Crippen molar-refractivity contribution in [3.63, 3.8) is 0 Å². The molecule has 3 aromatic rings. The van der Waals surface area contributed by atoms with Crippen LogP contribution in [-0.2, 0) is 4.79 Å². The van der Waals surface area contributed by atoms with Crippen LogP contribution in [0.3, 0.4) is 0 Å². The largest absolute Gasteiger partial charge is 0.300 e. The van der Waals surface area contributed by atoms with Crippen molar-refractivity contribution in [2.24, 2.45) is 4.99 Å². The number of halogens is 2. The standard InChI is InChI=1S/C17H9Cl2N3OS2/c18-10-2-1-3-11(19)15(10)21-17-22-16(23)14(25-17)7-9-4-5-12-13(6-9)24-8-20-12/h1-8H,(H,21,22,23)/b14-7+.